The molecule has 1 heterocycles. The standard InChI is InChI=1S/C19H10O2/c20-14-9-8-11-4-3-5-12-10-16-18(19(14)17(11)12)13-6-1-2-7-15(13)21-16/h1-10H. The van der Waals surface area contributed by atoms with E-state index in [0.29, 0.717) is 0 Å². The summed E-state index contributed by atoms with van der Waals surface area (Å²) in [5.41, 5.74) is 3.46. The number of allylic oxidation sites excluding steroid dienone is 1. The van der Waals surface area contributed by atoms with Gasteiger partial charge in [0.05, 0.1) is 0 Å². The lowest BCUT2D eigenvalue weighted by molar-refractivity contribution is 0.105. The van der Waals surface area contributed by atoms with Gasteiger partial charge in [0.25, 0.3) is 0 Å². The molecule has 21 heavy (non-hydrogen) atoms. The highest BCUT2D eigenvalue weighted by Crippen LogP contribution is 2.39. The zero-order valence-electron chi connectivity index (χ0n) is 11.1. The molecule has 1 aromatic heterocycles. The van der Waals surface area contributed by atoms with Crippen molar-refractivity contribution in [2.45, 2.75) is 0 Å². The summed E-state index contributed by atoms with van der Waals surface area (Å²) in [4.78, 5) is 12.5. The molecular formula is C19H10O2. The second-order valence-electron chi connectivity index (χ2n) is 5.37. The Morgan fingerprint density at radius 1 is 0.810 bits per heavy atom. The molecule has 1 aliphatic rings. The molecule has 3 aromatic carbocycles. The Labute approximate surface area is 120 Å². The summed E-state index contributed by atoms with van der Waals surface area (Å²) in [5, 5.41) is 4.01. The lowest BCUT2D eigenvalue weighted by atomic mass is 9.89. The van der Waals surface area contributed by atoms with Gasteiger partial charge in [0.15, 0.2) is 5.78 Å². The van der Waals surface area contributed by atoms with Crippen LogP contribution in [0, 0.1) is 0 Å². The van der Waals surface area contributed by atoms with Gasteiger partial charge in [-0.15, -0.1) is 0 Å². The third-order valence-electron chi connectivity index (χ3n) is 4.20. The van der Waals surface area contributed by atoms with Gasteiger partial charge in [-0.1, -0.05) is 42.5 Å². The molecule has 0 bridgehead atoms. The van der Waals surface area contributed by atoms with Crippen LogP contribution in [0.3, 0.4) is 0 Å². The maximum absolute atomic E-state index is 12.5. The average molecular weight is 270 g/mol. The number of rotatable bonds is 0. The Morgan fingerprint density at radius 3 is 2.67 bits per heavy atom. The summed E-state index contributed by atoms with van der Waals surface area (Å²) in [7, 11) is 0. The van der Waals surface area contributed by atoms with Gasteiger partial charge in [0, 0.05) is 21.7 Å². The van der Waals surface area contributed by atoms with E-state index in [1.807, 2.05) is 54.6 Å². The number of furan rings is 1. The van der Waals surface area contributed by atoms with Crippen LogP contribution >= 0.6 is 0 Å². The van der Waals surface area contributed by atoms with Crippen LogP contribution in [0.4, 0.5) is 0 Å². The molecule has 0 atom stereocenters. The SMILES string of the molecule is O=C1C=Cc2cccc3cc4oc5ccccc5c4c1c23. The summed E-state index contributed by atoms with van der Waals surface area (Å²) < 4.78 is 5.94. The minimum absolute atomic E-state index is 0.0517. The highest BCUT2D eigenvalue weighted by molar-refractivity contribution is 6.30. The largest absolute Gasteiger partial charge is 0.456 e. The fourth-order valence-corrected chi connectivity index (χ4v) is 3.32. The van der Waals surface area contributed by atoms with Crippen molar-refractivity contribution < 1.29 is 9.21 Å². The second-order valence-corrected chi connectivity index (χ2v) is 5.37. The van der Waals surface area contributed by atoms with Crippen LogP contribution in [-0.4, -0.2) is 5.78 Å². The van der Waals surface area contributed by atoms with Crippen molar-refractivity contribution in [1.82, 2.24) is 0 Å². The fraction of sp³-hybridized carbons (Fsp3) is 0. The molecule has 0 aliphatic heterocycles. The van der Waals surface area contributed by atoms with E-state index in [0.717, 1.165) is 43.8 Å². The molecule has 0 saturated heterocycles. The van der Waals surface area contributed by atoms with Gasteiger partial charge >= 0.3 is 0 Å². The summed E-state index contributed by atoms with van der Waals surface area (Å²) >= 11 is 0. The molecule has 0 saturated carbocycles. The molecule has 0 fully saturated rings. The van der Waals surface area contributed by atoms with Crippen LogP contribution in [0.25, 0.3) is 38.8 Å². The smallest absolute Gasteiger partial charge is 0.187 e. The van der Waals surface area contributed by atoms with Crippen molar-refractivity contribution in [3.63, 3.8) is 0 Å². The number of hydrogen-bond acceptors (Lipinski definition) is 2. The number of carbonyl (C=O) groups is 1. The van der Waals surface area contributed by atoms with E-state index in [1.54, 1.807) is 6.08 Å². The van der Waals surface area contributed by atoms with Gasteiger partial charge in [-0.05, 0) is 29.2 Å². The first-order valence-electron chi connectivity index (χ1n) is 6.92. The number of ketones is 1. The predicted molar refractivity (Wildman–Crippen MR) is 84.6 cm³/mol. The normalized spacial score (nSPS) is 13.6. The Balaban J connectivity index is 2.17. The zero-order chi connectivity index (χ0) is 14.0. The topological polar surface area (TPSA) is 30.2 Å². The van der Waals surface area contributed by atoms with Crippen LogP contribution in [0.5, 0.6) is 0 Å². The average Bonchev–Trinajstić information content (AvgIpc) is 2.88. The molecule has 1 aliphatic carbocycles. The van der Waals surface area contributed by atoms with E-state index >= 15 is 0 Å². The first-order chi connectivity index (χ1) is 10.3. The van der Waals surface area contributed by atoms with E-state index in [4.69, 9.17) is 4.42 Å². The lowest BCUT2D eigenvalue weighted by Crippen LogP contribution is -2.02. The summed E-state index contributed by atoms with van der Waals surface area (Å²) in [6.45, 7) is 0. The Hall–Kier alpha value is -2.87. The van der Waals surface area contributed by atoms with Gasteiger partial charge in [0.2, 0.25) is 0 Å². The van der Waals surface area contributed by atoms with Gasteiger partial charge in [-0.25, -0.2) is 0 Å². The van der Waals surface area contributed by atoms with Crippen LogP contribution < -0.4 is 0 Å². The van der Waals surface area contributed by atoms with Gasteiger partial charge < -0.3 is 4.42 Å². The molecule has 4 aromatic rings. The maximum Gasteiger partial charge on any atom is 0.187 e. The Bertz CT molecular complexity index is 1100. The van der Waals surface area contributed by atoms with E-state index in [2.05, 4.69) is 0 Å². The molecular weight excluding hydrogens is 260 g/mol. The van der Waals surface area contributed by atoms with Crippen LogP contribution in [0.15, 0.2) is 59.0 Å². The highest BCUT2D eigenvalue weighted by Gasteiger charge is 2.22. The molecule has 0 N–H and O–H groups in total. The van der Waals surface area contributed by atoms with Crippen molar-refractivity contribution in [3.05, 3.63) is 65.7 Å². The molecule has 0 radical (unpaired) electrons. The van der Waals surface area contributed by atoms with E-state index < -0.39 is 0 Å². The van der Waals surface area contributed by atoms with E-state index in [9.17, 15) is 4.79 Å². The van der Waals surface area contributed by atoms with Crippen molar-refractivity contribution in [2.24, 2.45) is 0 Å². The lowest BCUT2D eigenvalue weighted by Gasteiger charge is -2.12. The number of fused-ring (bicyclic) bond motifs is 4. The van der Waals surface area contributed by atoms with Crippen LogP contribution in [0.1, 0.15) is 15.9 Å². The van der Waals surface area contributed by atoms with Gasteiger partial charge in [-0.2, -0.15) is 0 Å². The van der Waals surface area contributed by atoms with Crippen molar-refractivity contribution in [1.29, 1.82) is 0 Å². The first kappa shape index (κ1) is 10.9. The van der Waals surface area contributed by atoms with Crippen LogP contribution in [0.2, 0.25) is 0 Å². The van der Waals surface area contributed by atoms with Crippen LogP contribution in [-0.2, 0) is 0 Å². The third kappa shape index (κ3) is 1.29. The number of carbonyl (C=O) groups excluding carboxylic acids is 1. The molecule has 0 amide bonds. The molecule has 0 unspecified atom stereocenters. The molecule has 0 spiro atoms. The van der Waals surface area contributed by atoms with Gasteiger partial charge in [0.1, 0.15) is 11.2 Å². The van der Waals surface area contributed by atoms with E-state index in [-0.39, 0.29) is 5.78 Å². The first-order valence-corrected chi connectivity index (χ1v) is 6.92. The molecule has 2 nitrogen and oxygen atoms in total. The fourth-order valence-electron chi connectivity index (χ4n) is 3.32. The van der Waals surface area contributed by atoms with Gasteiger partial charge in [-0.3, -0.25) is 4.79 Å². The summed E-state index contributed by atoms with van der Waals surface area (Å²) in [6, 6.07) is 16.0. The van der Waals surface area contributed by atoms with Crippen molar-refractivity contribution >= 4 is 44.6 Å². The predicted octanol–water partition coefficient (Wildman–Crippen LogP) is 4.95. The highest BCUT2D eigenvalue weighted by atomic mass is 16.3. The maximum atomic E-state index is 12.5. The van der Waals surface area contributed by atoms with E-state index in [1.165, 1.54) is 0 Å². The minimum atomic E-state index is 0.0517. The Morgan fingerprint density at radius 2 is 1.71 bits per heavy atom. The third-order valence-corrected chi connectivity index (χ3v) is 4.20. The van der Waals surface area contributed by atoms with Crippen molar-refractivity contribution in [2.75, 3.05) is 0 Å². The summed E-state index contributed by atoms with van der Waals surface area (Å²) in [6.07, 6.45) is 3.55. The molecule has 98 valence electrons. The summed E-state index contributed by atoms with van der Waals surface area (Å²) in [5.74, 6) is 0.0517. The molecule has 2 heteroatoms. The second kappa shape index (κ2) is 3.61. The number of benzene rings is 3. The quantitative estimate of drug-likeness (QED) is 0.452. The monoisotopic (exact) mass is 270 g/mol. The van der Waals surface area contributed by atoms with Crippen molar-refractivity contribution in [3.8, 4) is 0 Å². The zero-order valence-corrected chi connectivity index (χ0v) is 11.1. The Kier molecular flexibility index (Phi) is 1.87. The number of hydrogen-bond donors (Lipinski definition) is 0. The number of para-hydroxylation sites is 1. The molecule has 5 rings (SSSR count). The minimum Gasteiger partial charge on any atom is -0.456 e.